The lowest BCUT2D eigenvalue weighted by Gasteiger charge is -2.42. The lowest BCUT2D eigenvalue weighted by Crippen LogP contribution is -2.57. The van der Waals surface area contributed by atoms with Crippen LogP contribution in [-0.2, 0) is 0 Å². The molecule has 86 valence electrons. The maximum Gasteiger partial charge on any atom is 0.347 e. The molecule has 0 aromatic carbocycles. The van der Waals surface area contributed by atoms with Crippen molar-refractivity contribution >= 4 is 11.9 Å². The molecule has 1 aliphatic heterocycles. The summed E-state index contributed by atoms with van der Waals surface area (Å²) in [6.45, 7) is 1.85. The van der Waals surface area contributed by atoms with E-state index in [0.29, 0.717) is 5.84 Å². The molecule has 16 heavy (non-hydrogen) atoms. The molecule has 4 nitrogen and oxygen atoms in total. The predicted molar refractivity (Wildman–Crippen MR) is 63.0 cm³/mol. The van der Waals surface area contributed by atoms with Gasteiger partial charge in [-0.2, -0.15) is 4.99 Å². The van der Waals surface area contributed by atoms with E-state index < -0.39 is 0 Å². The minimum absolute atomic E-state index is 0.240. The van der Waals surface area contributed by atoms with Gasteiger partial charge in [0, 0.05) is 0 Å². The van der Waals surface area contributed by atoms with E-state index >= 15 is 0 Å². The molecule has 2 aliphatic rings. The number of aliphatic imine (C=N–C) groups is 1. The van der Waals surface area contributed by atoms with Crippen LogP contribution in [-0.4, -0.2) is 28.3 Å². The largest absolute Gasteiger partial charge is 0.385 e. The third-order valence-electron chi connectivity index (χ3n) is 3.67. The SMILES string of the molecule is C#CC(C)N1C(=O)N=C(N)C12CCCCC2. The van der Waals surface area contributed by atoms with Gasteiger partial charge in [0.15, 0.2) is 0 Å². The number of nitrogens with two attached hydrogens (primary N) is 1. The molecule has 0 saturated heterocycles. The number of nitrogens with zero attached hydrogens (tertiary/aromatic N) is 2. The van der Waals surface area contributed by atoms with Gasteiger partial charge in [-0.15, -0.1) is 6.42 Å². The molecule has 0 aromatic heterocycles. The molecule has 1 aliphatic carbocycles. The van der Waals surface area contributed by atoms with Crippen molar-refractivity contribution in [3.63, 3.8) is 0 Å². The first-order valence-electron chi connectivity index (χ1n) is 5.76. The Kier molecular flexibility index (Phi) is 2.63. The van der Waals surface area contributed by atoms with Crippen LogP contribution in [0.3, 0.4) is 0 Å². The van der Waals surface area contributed by atoms with Crippen LogP contribution in [0.25, 0.3) is 0 Å². The first-order valence-corrected chi connectivity index (χ1v) is 5.76. The normalized spacial score (nSPS) is 25.4. The molecule has 2 rings (SSSR count). The Hall–Kier alpha value is -1.50. The topological polar surface area (TPSA) is 58.7 Å². The van der Waals surface area contributed by atoms with Crippen molar-refractivity contribution in [2.75, 3.05) is 0 Å². The van der Waals surface area contributed by atoms with Crippen molar-refractivity contribution in [3.05, 3.63) is 0 Å². The molecule has 1 unspecified atom stereocenters. The first-order chi connectivity index (χ1) is 7.62. The van der Waals surface area contributed by atoms with Crippen molar-refractivity contribution in [2.45, 2.75) is 50.6 Å². The molecule has 1 atom stereocenters. The maximum absolute atomic E-state index is 11.8. The van der Waals surface area contributed by atoms with Gasteiger partial charge in [0.25, 0.3) is 0 Å². The maximum atomic E-state index is 11.8. The molecule has 1 spiro atoms. The van der Waals surface area contributed by atoms with Gasteiger partial charge in [-0.3, -0.25) is 4.90 Å². The van der Waals surface area contributed by atoms with Crippen molar-refractivity contribution in [2.24, 2.45) is 10.7 Å². The summed E-state index contributed by atoms with van der Waals surface area (Å²) in [5, 5.41) is 0. The van der Waals surface area contributed by atoms with Crippen LogP contribution >= 0.6 is 0 Å². The van der Waals surface area contributed by atoms with Gasteiger partial charge in [0.05, 0.1) is 6.04 Å². The van der Waals surface area contributed by atoms with E-state index in [9.17, 15) is 4.79 Å². The highest BCUT2D eigenvalue weighted by Crippen LogP contribution is 2.38. The van der Waals surface area contributed by atoms with Gasteiger partial charge in [-0.05, 0) is 19.8 Å². The number of hydrogen-bond acceptors (Lipinski definition) is 2. The number of terminal acetylenes is 1. The summed E-state index contributed by atoms with van der Waals surface area (Å²) in [4.78, 5) is 17.4. The number of carbonyl (C=O) groups is 1. The summed E-state index contributed by atoms with van der Waals surface area (Å²) in [5.74, 6) is 3.06. The highest BCUT2D eigenvalue weighted by Gasteiger charge is 2.50. The van der Waals surface area contributed by atoms with Gasteiger partial charge in [-0.25, -0.2) is 4.79 Å². The summed E-state index contributed by atoms with van der Waals surface area (Å²) >= 11 is 0. The lowest BCUT2D eigenvalue weighted by atomic mass is 9.79. The highest BCUT2D eigenvalue weighted by molar-refractivity contribution is 6.06. The number of amides is 2. The average Bonchev–Trinajstić information content (AvgIpc) is 2.51. The number of rotatable bonds is 1. The summed E-state index contributed by atoms with van der Waals surface area (Å²) < 4.78 is 0. The molecule has 2 amide bonds. The Bertz CT molecular complexity index is 374. The van der Waals surface area contributed by atoms with E-state index in [0.717, 1.165) is 25.7 Å². The zero-order chi connectivity index (χ0) is 11.8. The fourth-order valence-corrected chi connectivity index (χ4v) is 2.81. The highest BCUT2D eigenvalue weighted by atomic mass is 16.2. The van der Waals surface area contributed by atoms with E-state index in [1.54, 1.807) is 4.90 Å². The van der Waals surface area contributed by atoms with Crippen molar-refractivity contribution in [1.29, 1.82) is 0 Å². The Morgan fingerprint density at radius 2 is 2.12 bits per heavy atom. The standard InChI is InChI=1S/C12H17N3O/c1-3-9(2)15-11(16)14-10(13)12(15)7-5-4-6-8-12/h1,9H,4-8H2,2H3,(H2,13,14,16). The molecular formula is C12H17N3O. The van der Waals surface area contributed by atoms with Gasteiger partial charge < -0.3 is 5.73 Å². The molecular weight excluding hydrogens is 202 g/mol. The van der Waals surface area contributed by atoms with Gasteiger partial charge in [-0.1, -0.05) is 25.2 Å². The van der Waals surface area contributed by atoms with Crippen molar-refractivity contribution in [1.82, 2.24) is 4.90 Å². The number of carbonyl (C=O) groups excluding carboxylic acids is 1. The van der Waals surface area contributed by atoms with E-state index in [-0.39, 0.29) is 17.6 Å². The monoisotopic (exact) mass is 219 g/mol. The molecule has 2 N–H and O–H groups in total. The van der Waals surface area contributed by atoms with Crippen LogP contribution in [0.1, 0.15) is 39.0 Å². The third kappa shape index (κ3) is 1.39. The second-order valence-corrected chi connectivity index (χ2v) is 4.58. The van der Waals surface area contributed by atoms with Crippen LogP contribution in [0.2, 0.25) is 0 Å². The Morgan fingerprint density at radius 3 is 2.69 bits per heavy atom. The molecule has 0 radical (unpaired) electrons. The van der Waals surface area contributed by atoms with Crippen LogP contribution in [0.4, 0.5) is 4.79 Å². The summed E-state index contributed by atoms with van der Waals surface area (Å²) in [6, 6.07) is -0.514. The number of hydrogen-bond donors (Lipinski definition) is 1. The fraction of sp³-hybridized carbons (Fsp3) is 0.667. The van der Waals surface area contributed by atoms with E-state index in [4.69, 9.17) is 12.2 Å². The number of urea groups is 1. The average molecular weight is 219 g/mol. The van der Waals surface area contributed by atoms with Crippen molar-refractivity contribution in [3.8, 4) is 12.3 Å². The van der Waals surface area contributed by atoms with E-state index in [2.05, 4.69) is 10.9 Å². The van der Waals surface area contributed by atoms with Crippen molar-refractivity contribution < 1.29 is 4.79 Å². The summed E-state index contributed by atoms with van der Waals surface area (Å²) in [5.41, 5.74) is 5.55. The van der Waals surface area contributed by atoms with Gasteiger partial charge >= 0.3 is 6.03 Å². The lowest BCUT2D eigenvalue weighted by molar-refractivity contribution is 0.130. The van der Waals surface area contributed by atoms with Crippen LogP contribution in [0.15, 0.2) is 4.99 Å². The zero-order valence-corrected chi connectivity index (χ0v) is 9.57. The first kappa shape index (κ1) is 11.0. The van der Waals surface area contributed by atoms with E-state index in [1.165, 1.54) is 6.42 Å². The second-order valence-electron chi connectivity index (χ2n) is 4.58. The predicted octanol–water partition coefficient (Wildman–Crippen LogP) is 1.50. The Balaban J connectivity index is 2.36. The Morgan fingerprint density at radius 1 is 1.50 bits per heavy atom. The number of amidine groups is 1. The molecule has 0 bridgehead atoms. The molecule has 0 aromatic rings. The second kappa shape index (κ2) is 3.82. The summed E-state index contributed by atoms with van der Waals surface area (Å²) in [7, 11) is 0. The third-order valence-corrected chi connectivity index (χ3v) is 3.67. The molecule has 1 saturated carbocycles. The molecule has 1 fully saturated rings. The minimum Gasteiger partial charge on any atom is -0.385 e. The fourth-order valence-electron chi connectivity index (χ4n) is 2.81. The van der Waals surface area contributed by atoms with Gasteiger partial charge in [0.1, 0.15) is 11.4 Å². The van der Waals surface area contributed by atoms with E-state index in [1.807, 2.05) is 6.92 Å². The summed E-state index contributed by atoms with van der Waals surface area (Å²) in [6.07, 6.45) is 10.5. The zero-order valence-electron chi connectivity index (χ0n) is 9.57. The minimum atomic E-state index is -0.388. The van der Waals surface area contributed by atoms with Gasteiger partial charge in [0.2, 0.25) is 0 Å². The molecule has 1 heterocycles. The van der Waals surface area contributed by atoms with Crippen LogP contribution in [0, 0.1) is 12.3 Å². The quantitative estimate of drug-likeness (QED) is 0.679. The van der Waals surface area contributed by atoms with Crippen LogP contribution < -0.4 is 5.73 Å². The molecule has 4 heteroatoms. The smallest absolute Gasteiger partial charge is 0.347 e. The van der Waals surface area contributed by atoms with Crippen LogP contribution in [0.5, 0.6) is 0 Å². The Labute approximate surface area is 95.9 Å².